The third-order valence-corrected chi connectivity index (χ3v) is 5.43. The Morgan fingerprint density at radius 2 is 1.79 bits per heavy atom. The normalized spacial score (nSPS) is 10.7. The number of ether oxygens (including phenoxy) is 2. The van der Waals surface area contributed by atoms with Crippen molar-refractivity contribution >= 4 is 40.9 Å². The molecule has 174 valence electrons. The molecule has 34 heavy (non-hydrogen) atoms. The molecule has 4 rings (SSSR count). The van der Waals surface area contributed by atoms with E-state index in [0.717, 1.165) is 5.56 Å². The number of hydrogen-bond acceptors (Lipinski definition) is 6. The standard InChI is InChI=1S/C24H19Cl2N3O5/c1-32-24(31)15-6-8-17(9-7-15)33-14-18-10-11-21(34-18)23(30)27-22-20(26)13-29(28-22)12-16-4-2-3-5-19(16)25/h2-11,13H,12,14H2,1H3,(H,27,28,30). The number of aromatic nitrogens is 2. The van der Waals surface area contributed by atoms with E-state index in [2.05, 4.69) is 15.2 Å². The molecule has 0 fully saturated rings. The molecule has 2 heterocycles. The monoisotopic (exact) mass is 499 g/mol. The Labute approximate surface area is 205 Å². The van der Waals surface area contributed by atoms with Gasteiger partial charge in [-0.3, -0.25) is 9.48 Å². The Bertz CT molecular complexity index is 1310. The maximum atomic E-state index is 12.6. The average Bonchev–Trinajstić information content (AvgIpc) is 3.45. The molecule has 0 aliphatic carbocycles. The van der Waals surface area contributed by atoms with Gasteiger partial charge in [0.1, 0.15) is 23.1 Å². The summed E-state index contributed by atoms with van der Waals surface area (Å²) in [6.07, 6.45) is 1.60. The SMILES string of the molecule is COC(=O)c1ccc(OCc2ccc(C(=O)Nc3nn(Cc4ccccc4Cl)cc3Cl)o2)cc1. The summed E-state index contributed by atoms with van der Waals surface area (Å²) in [5.74, 6) is 0.332. The molecule has 4 aromatic rings. The van der Waals surface area contributed by atoms with Crippen LogP contribution in [0.1, 0.15) is 32.2 Å². The maximum absolute atomic E-state index is 12.6. The van der Waals surface area contributed by atoms with Crippen LogP contribution in [0.3, 0.4) is 0 Å². The van der Waals surface area contributed by atoms with Crippen molar-refractivity contribution in [3.8, 4) is 5.75 Å². The predicted molar refractivity (Wildman–Crippen MR) is 127 cm³/mol. The van der Waals surface area contributed by atoms with E-state index in [1.54, 1.807) is 47.3 Å². The number of benzene rings is 2. The minimum absolute atomic E-state index is 0.0800. The number of carbonyl (C=O) groups is 2. The number of rotatable bonds is 8. The van der Waals surface area contributed by atoms with Gasteiger partial charge in [0.25, 0.3) is 5.91 Å². The second kappa shape index (κ2) is 10.5. The second-order valence-corrected chi connectivity index (χ2v) is 7.95. The molecule has 0 saturated carbocycles. The molecule has 0 bridgehead atoms. The van der Waals surface area contributed by atoms with Gasteiger partial charge >= 0.3 is 5.97 Å². The molecule has 0 saturated heterocycles. The van der Waals surface area contributed by atoms with Gasteiger partial charge in [0, 0.05) is 11.2 Å². The Hall–Kier alpha value is -3.75. The zero-order chi connectivity index (χ0) is 24.1. The van der Waals surface area contributed by atoms with Crippen LogP contribution in [0.4, 0.5) is 5.82 Å². The summed E-state index contributed by atoms with van der Waals surface area (Å²) in [6.45, 7) is 0.496. The average molecular weight is 500 g/mol. The number of halogens is 2. The summed E-state index contributed by atoms with van der Waals surface area (Å²) in [5.41, 5.74) is 1.29. The Morgan fingerprint density at radius 1 is 1.03 bits per heavy atom. The zero-order valence-corrected chi connectivity index (χ0v) is 19.5. The number of carbonyl (C=O) groups excluding carboxylic acids is 2. The van der Waals surface area contributed by atoms with Gasteiger partial charge in [-0.25, -0.2) is 4.79 Å². The second-order valence-electron chi connectivity index (χ2n) is 7.14. The van der Waals surface area contributed by atoms with Gasteiger partial charge in [-0.2, -0.15) is 5.10 Å². The highest BCUT2D eigenvalue weighted by Gasteiger charge is 2.16. The van der Waals surface area contributed by atoms with Gasteiger partial charge in [0.2, 0.25) is 0 Å². The molecular weight excluding hydrogens is 481 g/mol. The zero-order valence-electron chi connectivity index (χ0n) is 18.0. The van der Waals surface area contributed by atoms with Gasteiger partial charge in [0.05, 0.1) is 19.2 Å². The van der Waals surface area contributed by atoms with Gasteiger partial charge in [0.15, 0.2) is 11.6 Å². The molecule has 0 unspecified atom stereocenters. The van der Waals surface area contributed by atoms with Crippen LogP contribution in [0.5, 0.6) is 5.75 Å². The van der Waals surface area contributed by atoms with E-state index in [4.69, 9.17) is 32.4 Å². The number of amides is 1. The van der Waals surface area contributed by atoms with E-state index in [1.165, 1.54) is 13.2 Å². The summed E-state index contributed by atoms with van der Waals surface area (Å²) in [7, 11) is 1.32. The number of anilines is 1. The number of esters is 1. The van der Waals surface area contributed by atoms with Crippen LogP contribution in [0.25, 0.3) is 0 Å². The number of nitrogens with one attached hydrogen (secondary N) is 1. The summed E-state index contributed by atoms with van der Waals surface area (Å²) >= 11 is 12.4. The predicted octanol–water partition coefficient (Wildman–Crippen LogP) is 5.45. The van der Waals surface area contributed by atoms with E-state index in [0.29, 0.717) is 28.6 Å². The fourth-order valence-electron chi connectivity index (χ4n) is 3.07. The molecule has 8 nitrogen and oxygen atoms in total. The summed E-state index contributed by atoms with van der Waals surface area (Å²) in [4.78, 5) is 24.1. The van der Waals surface area contributed by atoms with Crippen molar-refractivity contribution in [3.05, 3.63) is 99.6 Å². The lowest BCUT2D eigenvalue weighted by Gasteiger charge is -2.05. The van der Waals surface area contributed by atoms with Crippen molar-refractivity contribution < 1.29 is 23.5 Å². The first-order valence-electron chi connectivity index (χ1n) is 10.1. The number of nitrogens with zero attached hydrogens (tertiary/aromatic N) is 2. The number of methoxy groups -OCH3 is 1. The van der Waals surface area contributed by atoms with Crippen LogP contribution >= 0.6 is 23.2 Å². The summed E-state index contributed by atoms with van der Waals surface area (Å²) in [6, 6.07) is 17.0. The van der Waals surface area contributed by atoms with Crippen molar-refractivity contribution in [2.45, 2.75) is 13.2 Å². The third-order valence-electron chi connectivity index (χ3n) is 4.78. The molecular formula is C24H19Cl2N3O5. The van der Waals surface area contributed by atoms with E-state index in [1.807, 2.05) is 18.2 Å². The molecule has 0 spiro atoms. The third kappa shape index (κ3) is 5.59. The molecule has 0 radical (unpaired) electrons. The molecule has 0 aliphatic heterocycles. The van der Waals surface area contributed by atoms with E-state index < -0.39 is 11.9 Å². The van der Waals surface area contributed by atoms with E-state index >= 15 is 0 Å². The highest BCUT2D eigenvalue weighted by Crippen LogP contribution is 2.23. The number of hydrogen-bond donors (Lipinski definition) is 1. The highest BCUT2D eigenvalue weighted by molar-refractivity contribution is 6.33. The molecule has 0 atom stereocenters. The Kier molecular flexibility index (Phi) is 7.20. The molecule has 0 aliphatic rings. The van der Waals surface area contributed by atoms with Crippen molar-refractivity contribution in [1.29, 1.82) is 0 Å². The minimum Gasteiger partial charge on any atom is -0.486 e. The lowest BCUT2D eigenvalue weighted by molar-refractivity contribution is 0.0600. The first-order valence-corrected chi connectivity index (χ1v) is 10.9. The minimum atomic E-state index is -0.501. The van der Waals surface area contributed by atoms with Crippen LogP contribution in [0, 0.1) is 0 Å². The number of furan rings is 1. The van der Waals surface area contributed by atoms with Crippen molar-refractivity contribution in [3.63, 3.8) is 0 Å². The maximum Gasteiger partial charge on any atom is 0.337 e. The first-order chi connectivity index (χ1) is 16.4. The van der Waals surface area contributed by atoms with Crippen molar-refractivity contribution in [2.75, 3.05) is 12.4 Å². The summed E-state index contributed by atoms with van der Waals surface area (Å²) < 4.78 is 17.5. The van der Waals surface area contributed by atoms with Crippen LogP contribution in [-0.2, 0) is 17.9 Å². The van der Waals surface area contributed by atoms with Crippen LogP contribution in [0.2, 0.25) is 10.0 Å². The molecule has 2 aromatic heterocycles. The smallest absolute Gasteiger partial charge is 0.337 e. The van der Waals surface area contributed by atoms with Gasteiger partial charge in [-0.1, -0.05) is 41.4 Å². The molecule has 10 heteroatoms. The first kappa shape index (κ1) is 23.4. The van der Waals surface area contributed by atoms with E-state index in [-0.39, 0.29) is 23.2 Å². The molecule has 2 aromatic carbocycles. The largest absolute Gasteiger partial charge is 0.486 e. The van der Waals surface area contributed by atoms with Crippen LogP contribution in [-0.4, -0.2) is 28.8 Å². The highest BCUT2D eigenvalue weighted by atomic mass is 35.5. The van der Waals surface area contributed by atoms with Gasteiger partial charge in [-0.05, 0) is 48.0 Å². The lowest BCUT2D eigenvalue weighted by Crippen LogP contribution is -2.12. The Balaban J connectivity index is 1.35. The quantitative estimate of drug-likeness (QED) is 0.324. The van der Waals surface area contributed by atoms with Crippen LogP contribution in [0.15, 0.2) is 71.3 Å². The Morgan fingerprint density at radius 3 is 2.53 bits per heavy atom. The van der Waals surface area contributed by atoms with Crippen molar-refractivity contribution in [2.24, 2.45) is 0 Å². The van der Waals surface area contributed by atoms with Gasteiger partial charge < -0.3 is 19.2 Å². The van der Waals surface area contributed by atoms with E-state index in [9.17, 15) is 9.59 Å². The van der Waals surface area contributed by atoms with Crippen LogP contribution < -0.4 is 10.1 Å². The van der Waals surface area contributed by atoms with Gasteiger partial charge in [-0.15, -0.1) is 0 Å². The lowest BCUT2D eigenvalue weighted by atomic mass is 10.2. The van der Waals surface area contributed by atoms with Crippen molar-refractivity contribution in [1.82, 2.24) is 9.78 Å². The summed E-state index contributed by atoms with van der Waals surface area (Å²) in [5, 5.41) is 7.86. The fraction of sp³-hybridized carbons (Fsp3) is 0.125. The fourth-order valence-corrected chi connectivity index (χ4v) is 3.46. The molecule has 1 amide bonds. The topological polar surface area (TPSA) is 95.6 Å². The molecule has 1 N–H and O–H groups in total.